The first kappa shape index (κ1) is 12.9. The Morgan fingerprint density at radius 1 is 1.06 bits per heavy atom. The molecule has 2 nitrogen and oxygen atoms in total. The minimum atomic E-state index is -0.466. The molecule has 0 aliphatic rings. The van der Waals surface area contributed by atoms with Crippen LogP contribution in [0.1, 0.15) is 10.4 Å². The summed E-state index contributed by atoms with van der Waals surface area (Å²) in [6, 6.07) is 10.1. The zero-order valence-electron chi connectivity index (χ0n) is 9.08. The second-order valence-corrected chi connectivity index (χ2v) is 4.50. The summed E-state index contributed by atoms with van der Waals surface area (Å²) in [6.45, 7) is 0. The highest BCUT2D eigenvalue weighted by Crippen LogP contribution is 2.22. The van der Waals surface area contributed by atoms with E-state index in [1.165, 1.54) is 18.2 Å². The first-order valence-corrected chi connectivity index (χ1v) is 5.83. The van der Waals surface area contributed by atoms with E-state index in [9.17, 15) is 9.18 Å². The molecular weight excluding hydrogens is 276 g/mol. The number of carbonyl (C=O) groups excluding carboxylic acids is 1. The average molecular weight is 284 g/mol. The molecular formula is C13H8Cl2FNO. The number of carbonyl (C=O) groups is 1. The highest BCUT2D eigenvalue weighted by molar-refractivity contribution is 6.35. The molecule has 0 atom stereocenters. The molecule has 0 aliphatic carbocycles. The van der Waals surface area contributed by atoms with Crippen LogP contribution in [0.5, 0.6) is 0 Å². The SMILES string of the molecule is O=C(Nc1cc(Cl)cc(Cl)c1)c1cccc(F)c1. The van der Waals surface area contributed by atoms with E-state index in [0.29, 0.717) is 15.7 Å². The summed E-state index contributed by atoms with van der Waals surface area (Å²) in [5.74, 6) is -0.889. The monoisotopic (exact) mass is 283 g/mol. The Hall–Kier alpha value is -1.58. The molecule has 0 radical (unpaired) electrons. The molecule has 5 heteroatoms. The minimum Gasteiger partial charge on any atom is -0.322 e. The van der Waals surface area contributed by atoms with E-state index >= 15 is 0 Å². The third kappa shape index (κ3) is 3.22. The first-order chi connectivity index (χ1) is 8.54. The van der Waals surface area contributed by atoms with Crippen LogP contribution in [0.25, 0.3) is 0 Å². The lowest BCUT2D eigenvalue weighted by molar-refractivity contribution is 0.102. The fourth-order valence-electron chi connectivity index (χ4n) is 1.46. The Morgan fingerprint density at radius 2 is 1.72 bits per heavy atom. The number of rotatable bonds is 2. The lowest BCUT2D eigenvalue weighted by atomic mass is 10.2. The van der Waals surface area contributed by atoms with E-state index in [2.05, 4.69) is 5.32 Å². The Morgan fingerprint density at radius 3 is 2.33 bits per heavy atom. The van der Waals surface area contributed by atoms with Gasteiger partial charge in [-0.05, 0) is 36.4 Å². The molecule has 2 rings (SSSR count). The van der Waals surface area contributed by atoms with Gasteiger partial charge in [-0.1, -0.05) is 29.3 Å². The van der Waals surface area contributed by atoms with E-state index in [1.54, 1.807) is 18.2 Å². The van der Waals surface area contributed by atoms with Gasteiger partial charge < -0.3 is 5.32 Å². The topological polar surface area (TPSA) is 29.1 Å². The van der Waals surface area contributed by atoms with Crippen LogP contribution >= 0.6 is 23.2 Å². The first-order valence-electron chi connectivity index (χ1n) is 5.07. The van der Waals surface area contributed by atoms with Crippen LogP contribution in [0.4, 0.5) is 10.1 Å². The van der Waals surface area contributed by atoms with E-state index in [4.69, 9.17) is 23.2 Å². The largest absolute Gasteiger partial charge is 0.322 e. The molecule has 0 unspecified atom stereocenters. The maximum atomic E-state index is 13.0. The van der Waals surface area contributed by atoms with Crippen LogP contribution in [0.15, 0.2) is 42.5 Å². The zero-order valence-corrected chi connectivity index (χ0v) is 10.6. The van der Waals surface area contributed by atoms with Crippen molar-refractivity contribution in [3.05, 3.63) is 63.9 Å². The quantitative estimate of drug-likeness (QED) is 0.870. The smallest absolute Gasteiger partial charge is 0.255 e. The number of hydrogen-bond acceptors (Lipinski definition) is 1. The fourth-order valence-corrected chi connectivity index (χ4v) is 1.99. The second kappa shape index (κ2) is 5.38. The Kier molecular flexibility index (Phi) is 3.84. The number of hydrogen-bond donors (Lipinski definition) is 1. The molecule has 0 aromatic heterocycles. The number of benzene rings is 2. The number of halogens is 3. The fraction of sp³-hybridized carbons (Fsp3) is 0. The summed E-state index contributed by atoms with van der Waals surface area (Å²) >= 11 is 11.6. The zero-order chi connectivity index (χ0) is 13.1. The second-order valence-electron chi connectivity index (χ2n) is 3.62. The average Bonchev–Trinajstić information content (AvgIpc) is 2.27. The summed E-state index contributed by atoms with van der Waals surface area (Å²) in [4.78, 5) is 11.8. The molecule has 92 valence electrons. The Balaban J connectivity index is 2.21. The summed E-state index contributed by atoms with van der Waals surface area (Å²) < 4.78 is 13.0. The van der Waals surface area contributed by atoms with Crippen LogP contribution < -0.4 is 5.32 Å². The lowest BCUT2D eigenvalue weighted by Gasteiger charge is -2.06. The van der Waals surface area contributed by atoms with Gasteiger partial charge >= 0.3 is 0 Å². The van der Waals surface area contributed by atoms with Crippen LogP contribution in [0, 0.1) is 5.82 Å². The van der Waals surface area contributed by atoms with Crippen molar-refractivity contribution in [1.29, 1.82) is 0 Å². The van der Waals surface area contributed by atoms with E-state index in [-0.39, 0.29) is 5.56 Å². The molecule has 0 aliphatic heterocycles. The summed E-state index contributed by atoms with van der Waals surface area (Å²) in [6.07, 6.45) is 0. The molecule has 2 aromatic carbocycles. The van der Waals surface area contributed by atoms with E-state index in [1.807, 2.05) is 0 Å². The van der Waals surface area contributed by atoms with Gasteiger partial charge in [-0.15, -0.1) is 0 Å². The number of amides is 1. The highest BCUT2D eigenvalue weighted by atomic mass is 35.5. The summed E-state index contributed by atoms with van der Waals surface area (Å²) in [5.41, 5.74) is 0.688. The van der Waals surface area contributed by atoms with Crippen molar-refractivity contribution in [2.24, 2.45) is 0 Å². The van der Waals surface area contributed by atoms with Gasteiger partial charge in [-0.2, -0.15) is 0 Å². The third-order valence-electron chi connectivity index (χ3n) is 2.21. The predicted octanol–water partition coefficient (Wildman–Crippen LogP) is 4.38. The summed E-state index contributed by atoms with van der Waals surface area (Å²) in [5, 5.41) is 3.42. The number of nitrogens with one attached hydrogen (secondary N) is 1. The van der Waals surface area contributed by atoms with Gasteiger partial charge in [0.15, 0.2) is 0 Å². The number of anilines is 1. The van der Waals surface area contributed by atoms with Crippen molar-refractivity contribution >= 4 is 34.8 Å². The standard InChI is InChI=1S/C13H8Cl2FNO/c14-9-5-10(15)7-12(6-9)17-13(18)8-2-1-3-11(16)4-8/h1-7H,(H,17,18). The molecule has 0 spiro atoms. The van der Waals surface area contributed by atoms with Crippen molar-refractivity contribution in [2.45, 2.75) is 0 Å². The van der Waals surface area contributed by atoms with Gasteiger partial charge in [0.25, 0.3) is 5.91 Å². The molecule has 1 N–H and O–H groups in total. The van der Waals surface area contributed by atoms with E-state index < -0.39 is 11.7 Å². The van der Waals surface area contributed by atoms with Gasteiger partial charge in [0.2, 0.25) is 0 Å². The highest BCUT2D eigenvalue weighted by Gasteiger charge is 2.07. The van der Waals surface area contributed by atoms with Crippen LogP contribution in [0.3, 0.4) is 0 Å². The van der Waals surface area contributed by atoms with Gasteiger partial charge in [-0.3, -0.25) is 4.79 Å². The Labute approximate surface area is 113 Å². The molecule has 18 heavy (non-hydrogen) atoms. The van der Waals surface area contributed by atoms with Crippen molar-refractivity contribution in [3.8, 4) is 0 Å². The molecule has 0 fully saturated rings. The maximum absolute atomic E-state index is 13.0. The summed E-state index contributed by atoms with van der Waals surface area (Å²) in [7, 11) is 0. The van der Waals surface area contributed by atoms with Crippen LogP contribution in [-0.4, -0.2) is 5.91 Å². The van der Waals surface area contributed by atoms with Crippen molar-refractivity contribution in [1.82, 2.24) is 0 Å². The van der Waals surface area contributed by atoms with Crippen LogP contribution in [-0.2, 0) is 0 Å². The van der Waals surface area contributed by atoms with Gasteiger partial charge in [0.1, 0.15) is 5.82 Å². The van der Waals surface area contributed by atoms with Gasteiger partial charge in [0.05, 0.1) is 0 Å². The molecule has 2 aromatic rings. The van der Waals surface area contributed by atoms with Gasteiger partial charge in [-0.25, -0.2) is 4.39 Å². The molecule has 0 saturated carbocycles. The van der Waals surface area contributed by atoms with Crippen molar-refractivity contribution in [3.63, 3.8) is 0 Å². The van der Waals surface area contributed by atoms with Gasteiger partial charge in [0, 0.05) is 21.3 Å². The molecule has 0 heterocycles. The van der Waals surface area contributed by atoms with Crippen molar-refractivity contribution < 1.29 is 9.18 Å². The molecule has 1 amide bonds. The molecule has 0 bridgehead atoms. The molecule has 0 saturated heterocycles. The van der Waals surface area contributed by atoms with Crippen LogP contribution in [0.2, 0.25) is 10.0 Å². The van der Waals surface area contributed by atoms with E-state index in [0.717, 1.165) is 6.07 Å². The normalized spacial score (nSPS) is 10.2. The van der Waals surface area contributed by atoms with Crippen molar-refractivity contribution in [2.75, 3.05) is 5.32 Å². The predicted molar refractivity (Wildman–Crippen MR) is 70.8 cm³/mol. The lowest BCUT2D eigenvalue weighted by Crippen LogP contribution is -2.11. The maximum Gasteiger partial charge on any atom is 0.255 e. The minimum absolute atomic E-state index is 0.228. The Bertz CT molecular complexity index is 581. The third-order valence-corrected chi connectivity index (χ3v) is 2.64.